The number of anilines is 1. The lowest BCUT2D eigenvalue weighted by Crippen LogP contribution is -2.23. The summed E-state index contributed by atoms with van der Waals surface area (Å²) in [6.45, 7) is 4.13. The highest BCUT2D eigenvalue weighted by Crippen LogP contribution is 2.28. The third-order valence-corrected chi connectivity index (χ3v) is 3.71. The van der Waals surface area contributed by atoms with Gasteiger partial charge in [-0.2, -0.15) is 0 Å². The van der Waals surface area contributed by atoms with Crippen LogP contribution in [0.4, 0.5) is 5.69 Å². The molecule has 0 bridgehead atoms. The number of methoxy groups -OCH3 is 1. The average molecular weight is 348 g/mol. The molecule has 0 saturated carbocycles. The van der Waals surface area contributed by atoms with Gasteiger partial charge in [-0.15, -0.1) is 0 Å². The number of halogens is 1. The number of nitrogens with zero attached hydrogens (tertiary/aromatic N) is 1. The number of aliphatic hydroxyl groups excluding tert-OH is 1. The number of rotatable bonds is 5. The Morgan fingerprint density at radius 3 is 2.54 bits per heavy atom. The highest BCUT2D eigenvalue weighted by Gasteiger charge is 2.13. The Bertz CT molecular complexity index is 727. The van der Waals surface area contributed by atoms with Crippen LogP contribution in [0.1, 0.15) is 22.8 Å². The summed E-state index contributed by atoms with van der Waals surface area (Å²) in [6.07, 6.45) is -0.863. The molecule has 4 N–H and O–H groups in total. The van der Waals surface area contributed by atoms with Crippen LogP contribution in [0, 0.1) is 13.8 Å². The minimum Gasteiger partial charge on any atom is -0.496 e. The number of benzene rings is 2. The van der Waals surface area contributed by atoms with Crippen molar-refractivity contribution in [2.75, 3.05) is 19.0 Å². The molecule has 0 amide bonds. The van der Waals surface area contributed by atoms with E-state index in [1.54, 1.807) is 25.3 Å². The summed E-state index contributed by atoms with van der Waals surface area (Å²) in [7, 11) is 1.54. The minimum absolute atomic E-state index is 0.0976. The highest BCUT2D eigenvalue weighted by atomic mass is 35.5. The summed E-state index contributed by atoms with van der Waals surface area (Å²) < 4.78 is 5.24. The second-order valence-corrected chi connectivity index (χ2v) is 6.07. The highest BCUT2D eigenvalue weighted by molar-refractivity contribution is 6.30. The van der Waals surface area contributed by atoms with E-state index in [1.807, 2.05) is 26.0 Å². The van der Waals surface area contributed by atoms with Gasteiger partial charge in [0, 0.05) is 16.3 Å². The van der Waals surface area contributed by atoms with E-state index in [2.05, 4.69) is 16.4 Å². The molecule has 2 aromatic carbocycles. The lowest BCUT2D eigenvalue weighted by atomic mass is 10.1. The monoisotopic (exact) mass is 347 g/mol. The molecule has 6 heteroatoms. The van der Waals surface area contributed by atoms with Gasteiger partial charge in [0.15, 0.2) is 5.96 Å². The Balaban J connectivity index is 2.07. The number of guanidine groups is 1. The van der Waals surface area contributed by atoms with E-state index in [4.69, 9.17) is 22.1 Å². The molecule has 128 valence electrons. The maximum absolute atomic E-state index is 10.3. The molecular weight excluding hydrogens is 326 g/mol. The van der Waals surface area contributed by atoms with E-state index in [0.29, 0.717) is 16.3 Å². The SMILES string of the molecule is COc1ccc(Cl)cc1C(O)CN=C(N)Nc1cc(C)cc(C)c1. The van der Waals surface area contributed by atoms with Gasteiger partial charge in [-0.1, -0.05) is 17.7 Å². The Morgan fingerprint density at radius 1 is 1.25 bits per heavy atom. The Hall–Kier alpha value is -2.24. The van der Waals surface area contributed by atoms with Gasteiger partial charge in [-0.25, -0.2) is 0 Å². The molecule has 0 spiro atoms. The molecule has 0 aromatic heterocycles. The number of aliphatic hydroxyl groups is 1. The van der Waals surface area contributed by atoms with Crippen LogP contribution < -0.4 is 15.8 Å². The van der Waals surface area contributed by atoms with Crippen molar-refractivity contribution >= 4 is 23.2 Å². The Morgan fingerprint density at radius 2 is 1.92 bits per heavy atom. The predicted molar refractivity (Wildman–Crippen MR) is 99.0 cm³/mol. The normalized spacial score (nSPS) is 12.8. The lowest BCUT2D eigenvalue weighted by molar-refractivity contribution is 0.182. The summed E-state index contributed by atoms with van der Waals surface area (Å²) >= 11 is 5.98. The molecule has 2 aromatic rings. The molecule has 2 rings (SSSR count). The molecule has 0 saturated heterocycles. The molecule has 24 heavy (non-hydrogen) atoms. The fourth-order valence-corrected chi connectivity index (χ4v) is 2.66. The van der Waals surface area contributed by atoms with Crippen molar-refractivity contribution in [3.63, 3.8) is 0 Å². The summed E-state index contributed by atoms with van der Waals surface area (Å²) in [5.74, 6) is 0.794. The van der Waals surface area contributed by atoms with Crippen LogP contribution in [0.3, 0.4) is 0 Å². The van der Waals surface area contributed by atoms with Gasteiger partial charge in [0.1, 0.15) is 11.9 Å². The minimum atomic E-state index is -0.863. The zero-order chi connectivity index (χ0) is 17.7. The van der Waals surface area contributed by atoms with Crippen molar-refractivity contribution in [1.29, 1.82) is 0 Å². The molecule has 0 fully saturated rings. The zero-order valence-corrected chi connectivity index (χ0v) is 14.8. The Labute approximate surface area is 147 Å². The zero-order valence-electron chi connectivity index (χ0n) is 14.0. The van der Waals surface area contributed by atoms with Crippen molar-refractivity contribution in [1.82, 2.24) is 0 Å². The summed E-state index contributed by atoms with van der Waals surface area (Å²) in [5.41, 5.74) is 9.61. The van der Waals surface area contributed by atoms with Crippen molar-refractivity contribution < 1.29 is 9.84 Å². The van der Waals surface area contributed by atoms with Crippen molar-refractivity contribution in [2.24, 2.45) is 10.7 Å². The van der Waals surface area contributed by atoms with Crippen molar-refractivity contribution in [3.05, 3.63) is 58.1 Å². The quantitative estimate of drug-likeness (QED) is 0.572. The van der Waals surface area contributed by atoms with Gasteiger partial charge >= 0.3 is 0 Å². The van der Waals surface area contributed by atoms with Gasteiger partial charge in [-0.3, -0.25) is 4.99 Å². The van der Waals surface area contributed by atoms with E-state index in [0.717, 1.165) is 16.8 Å². The number of nitrogens with one attached hydrogen (secondary N) is 1. The van der Waals surface area contributed by atoms with E-state index >= 15 is 0 Å². The van der Waals surface area contributed by atoms with E-state index < -0.39 is 6.10 Å². The second kappa shape index (κ2) is 8.04. The van der Waals surface area contributed by atoms with Crippen LogP contribution >= 0.6 is 11.6 Å². The Kier molecular flexibility index (Phi) is 6.06. The number of hydrogen-bond donors (Lipinski definition) is 3. The summed E-state index contributed by atoms with van der Waals surface area (Å²) in [6, 6.07) is 11.1. The summed E-state index contributed by atoms with van der Waals surface area (Å²) in [4.78, 5) is 4.19. The van der Waals surface area contributed by atoms with Crippen molar-refractivity contribution in [3.8, 4) is 5.75 Å². The first-order valence-electron chi connectivity index (χ1n) is 7.56. The van der Waals surface area contributed by atoms with Crippen LogP contribution in [0.5, 0.6) is 5.75 Å². The number of hydrogen-bond acceptors (Lipinski definition) is 3. The molecule has 0 radical (unpaired) electrons. The van der Waals surface area contributed by atoms with E-state index in [-0.39, 0.29) is 12.5 Å². The molecule has 0 aliphatic heterocycles. The third kappa shape index (κ3) is 4.88. The molecule has 1 unspecified atom stereocenters. The molecule has 1 atom stereocenters. The first-order chi connectivity index (χ1) is 11.4. The number of ether oxygens (including phenoxy) is 1. The van der Waals surface area contributed by atoms with Gasteiger partial charge < -0.3 is 20.9 Å². The van der Waals surface area contributed by atoms with Gasteiger partial charge in [-0.05, 0) is 55.3 Å². The topological polar surface area (TPSA) is 79.9 Å². The van der Waals surface area contributed by atoms with Crippen molar-refractivity contribution in [2.45, 2.75) is 20.0 Å². The van der Waals surface area contributed by atoms with Gasteiger partial charge in [0.25, 0.3) is 0 Å². The van der Waals surface area contributed by atoms with Crippen LogP contribution in [-0.4, -0.2) is 24.7 Å². The number of aryl methyl sites for hydroxylation is 2. The van der Waals surface area contributed by atoms with Crippen LogP contribution in [0.15, 0.2) is 41.4 Å². The number of aliphatic imine (C=N–C) groups is 1. The molecular formula is C18H22ClN3O2. The molecule has 0 heterocycles. The van der Waals surface area contributed by atoms with E-state index in [1.165, 1.54) is 0 Å². The third-order valence-electron chi connectivity index (χ3n) is 3.48. The van der Waals surface area contributed by atoms with Gasteiger partial charge in [0.2, 0.25) is 0 Å². The maximum atomic E-state index is 10.3. The predicted octanol–water partition coefficient (Wildman–Crippen LogP) is 3.43. The maximum Gasteiger partial charge on any atom is 0.193 e. The van der Waals surface area contributed by atoms with Crippen LogP contribution in [0.2, 0.25) is 5.02 Å². The first-order valence-corrected chi connectivity index (χ1v) is 7.93. The smallest absolute Gasteiger partial charge is 0.193 e. The molecule has 0 aliphatic carbocycles. The molecule has 0 aliphatic rings. The van der Waals surface area contributed by atoms with Crippen LogP contribution in [0.25, 0.3) is 0 Å². The second-order valence-electron chi connectivity index (χ2n) is 5.63. The van der Waals surface area contributed by atoms with Gasteiger partial charge in [0.05, 0.1) is 13.7 Å². The largest absolute Gasteiger partial charge is 0.496 e. The lowest BCUT2D eigenvalue weighted by Gasteiger charge is -2.14. The average Bonchev–Trinajstić information content (AvgIpc) is 2.51. The number of nitrogens with two attached hydrogens (primary N) is 1. The fourth-order valence-electron chi connectivity index (χ4n) is 2.48. The molecule has 5 nitrogen and oxygen atoms in total. The standard InChI is InChI=1S/C18H22ClN3O2/c1-11-6-12(2)8-14(7-11)22-18(20)21-10-16(23)15-9-13(19)4-5-17(15)24-3/h4-9,16,23H,10H2,1-3H3,(H3,20,21,22). The van der Waals surface area contributed by atoms with Crippen LogP contribution in [-0.2, 0) is 0 Å². The first kappa shape index (κ1) is 18.1. The fraction of sp³-hybridized carbons (Fsp3) is 0.278. The van der Waals surface area contributed by atoms with E-state index in [9.17, 15) is 5.11 Å². The summed E-state index contributed by atoms with van der Waals surface area (Å²) in [5, 5.41) is 13.9.